The Morgan fingerprint density at radius 2 is 1.88 bits per heavy atom. The van der Waals surface area contributed by atoms with Crippen LogP contribution in [0.3, 0.4) is 0 Å². The summed E-state index contributed by atoms with van der Waals surface area (Å²) < 4.78 is 0. The molecule has 1 rings (SSSR count). The zero-order valence-corrected chi connectivity index (χ0v) is 10.8. The van der Waals surface area contributed by atoms with Crippen LogP contribution in [0.5, 0.6) is 0 Å². The van der Waals surface area contributed by atoms with Crippen LogP contribution in [0.15, 0.2) is 5.10 Å². The number of piperidine rings is 1. The van der Waals surface area contributed by atoms with Gasteiger partial charge in [-0.1, -0.05) is 6.92 Å². The van der Waals surface area contributed by atoms with E-state index < -0.39 is 0 Å². The fourth-order valence-electron chi connectivity index (χ4n) is 2.03. The Balaban J connectivity index is 2.43. The van der Waals surface area contributed by atoms with Crippen molar-refractivity contribution in [1.29, 1.82) is 0 Å². The molecule has 0 aromatic rings. The predicted octanol–water partition coefficient (Wildman–Crippen LogP) is 1.15. The van der Waals surface area contributed by atoms with E-state index in [1.165, 1.54) is 6.92 Å². The lowest BCUT2D eigenvalue weighted by molar-refractivity contribution is -0.132. The normalized spacial score (nSPS) is 18.1. The molecule has 0 atom stereocenters. The Hall–Kier alpha value is -1.39. The summed E-state index contributed by atoms with van der Waals surface area (Å²) >= 11 is 0. The molecule has 0 unspecified atom stereocenters. The molecule has 1 fully saturated rings. The largest absolute Gasteiger partial charge is 0.343 e. The van der Waals surface area contributed by atoms with E-state index in [1.807, 2.05) is 18.7 Å². The minimum Gasteiger partial charge on any atom is -0.343 e. The molecule has 0 saturated carbocycles. The molecular weight excluding hydrogens is 218 g/mol. The van der Waals surface area contributed by atoms with E-state index in [0.29, 0.717) is 12.3 Å². The van der Waals surface area contributed by atoms with Crippen LogP contribution in [0.1, 0.15) is 40.0 Å². The van der Waals surface area contributed by atoms with Gasteiger partial charge in [0.15, 0.2) is 0 Å². The number of amides is 2. The SMILES string of the molecule is CCC(=O)N1CCC(/C(C)=N/NC(C)=O)CC1. The highest BCUT2D eigenvalue weighted by Gasteiger charge is 2.23. The van der Waals surface area contributed by atoms with E-state index in [4.69, 9.17) is 0 Å². The highest BCUT2D eigenvalue weighted by molar-refractivity contribution is 5.86. The summed E-state index contributed by atoms with van der Waals surface area (Å²) in [7, 11) is 0. The lowest BCUT2D eigenvalue weighted by Crippen LogP contribution is -2.39. The summed E-state index contributed by atoms with van der Waals surface area (Å²) in [6.07, 6.45) is 2.44. The minimum atomic E-state index is -0.150. The van der Waals surface area contributed by atoms with Gasteiger partial charge in [0, 0.05) is 38.1 Å². The average molecular weight is 239 g/mol. The van der Waals surface area contributed by atoms with Crippen LogP contribution in [0.25, 0.3) is 0 Å². The second kappa shape index (κ2) is 6.37. The standard InChI is InChI=1S/C12H21N3O2/c1-4-12(17)15-7-5-11(6-8-15)9(2)13-14-10(3)16/h11H,4-8H2,1-3H3,(H,14,16)/b13-9+. The van der Waals surface area contributed by atoms with Gasteiger partial charge in [0.05, 0.1) is 0 Å². The first-order valence-corrected chi connectivity index (χ1v) is 6.13. The lowest BCUT2D eigenvalue weighted by atomic mass is 9.92. The monoisotopic (exact) mass is 239 g/mol. The lowest BCUT2D eigenvalue weighted by Gasteiger charge is -2.31. The molecule has 0 bridgehead atoms. The van der Waals surface area contributed by atoms with Crippen LogP contribution in [0.4, 0.5) is 0 Å². The fourth-order valence-corrected chi connectivity index (χ4v) is 2.03. The van der Waals surface area contributed by atoms with Crippen LogP contribution in [-0.4, -0.2) is 35.5 Å². The number of nitrogens with zero attached hydrogens (tertiary/aromatic N) is 2. The van der Waals surface area contributed by atoms with Crippen molar-refractivity contribution in [3.63, 3.8) is 0 Å². The highest BCUT2D eigenvalue weighted by Crippen LogP contribution is 2.19. The number of rotatable bonds is 3. The summed E-state index contributed by atoms with van der Waals surface area (Å²) in [6, 6.07) is 0. The molecule has 1 aliphatic rings. The molecule has 96 valence electrons. The molecule has 1 aliphatic heterocycles. The maximum absolute atomic E-state index is 11.5. The molecule has 2 amide bonds. The van der Waals surface area contributed by atoms with Crippen molar-refractivity contribution in [2.24, 2.45) is 11.0 Å². The first-order chi connectivity index (χ1) is 8.04. The molecule has 0 spiro atoms. The van der Waals surface area contributed by atoms with E-state index in [9.17, 15) is 9.59 Å². The Kier molecular flexibility index (Phi) is 5.12. The first-order valence-electron chi connectivity index (χ1n) is 6.13. The van der Waals surface area contributed by atoms with Crippen LogP contribution >= 0.6 is 0 Å². The summed E-state index contributed by atoms with van der Waals surface area (Å²) in [6.45, 7) is 6.85. The first kappa shape index (κ1) is 13.7. The van der Waals surface area contributed by atoms with E-state index in [1.54, 1.807) is 0 Å². The molecule has 5 nitrogen and oxygen atoms in total. The van der Waals surface area contributed by atoms with Gasteiger partial charge >= 0.3 is 0 Å². The van der Waals surface area contributed by atoms with Crippen molar-refractivity contribution < 1.29 is 9.59 Å². The molecule has 17 heavy (non-hydrogen) atoms. The van der Waals surface area contributed by atoms with E-state index in [-0.39, 0.29) is 11.8 Å². The summed E-state index contributed by atoms with van der Waals surface area (Å²) in [5, 5.41) is 4.05. The third kappa shape index (κ3) is 4.17. The summed E-state index contributed by atoms with van der Waals surface area (Å²) in [5.41, 5.74) is 3.40. The van der Waals surface area contributed by atoms with Crippen LogP contribution in [-0.2, 0) is 9.59 Å². The van der Waals surface area contributed by atoms with Gasteiger partial charge in [0.1, 0.15) is 0 Å². The molecule has 0 aromatic carbocycles. The third-order valence-corrected chi connectivity index (χ3v) is 3.13. The Morgan fingerprint density at radius 3 is 2.35 bits per heavy atom. The number of carbonyl (C=O) groups is 2. The summed E-state index contributed by atoms with van der Waals surface area (Å²) in [4.78, 5) is 24.1. The zero-order valence-electron chi connectivity index (χ0n) is 10.8. The average Bonchev–Trinajstić information content (AvgIpc) is 2.35. The van der Waals surface area contributed by atoms with Gasteiger partial charge in [-0.15, -0.1) is 0 Å². The smallest absolute Gasteiger partial charge is 0.236 e. The van der Waals surface area contributed by atoms with Gasteiger partial charge < -0.3 is 4.90 Å². The molecule has 5 heteroatoms. The van der Waals surface area contributed by atoms with Gasteiger partial charge in [0.25, 0.3) is 0 Å². The second-order valence-electron chi connectivity index (χ2n) is 4.43. The number of hydrogen-bond donors (Lipinski definition) is 1. The van der Waals surface area contributed by atoms with E-state index >= 15 is 0 Å². The van der Waals surface area contributed by atoms with Crippen LogP contribution in [0, 0.1) is 5.92 Å². The van der Waals surface area contributed by atoms with Crippen LogP contribution < -0.4 is 5.43 Å². The number of hydrazone groups is 1. The van der Waals surface area contributed by atoms with Crippen molar-refractivity contribution >= 4 is 17.5 Å². The Bertz CT molecular complexity index is 318. The maximum atomic E-state index is 11.5. The van der Waals surface area contributed by atoms with E-state index in [0.717, 1.165) is 31.6 Å². The van der Waals surface area contributed by atoms with Crippen LogP contribution in [0.2, 0.25) is 0 Å². The zero-order chi connectivity index (χ0) is 12.8. The van der Waals surface area contributed by atoms with Crippen molar-refractivity contribution in [2.75, 3.05) is 13.1 Å². The maximum Gasteiger partial charge on any atom is 0.236 e. The topological polar surface area (TPSA) is 61.8 Å². The third-order valence-electron chi connectivity index (χ3n) is 3.13. The number of likely N-dealkylation sites (tertiary alicyclic amines) is 1. The number of carbonyl (C=O) groups excluding carboxylic acids is 2. The highest BCUT2D eigenvalue weighted by atomic mass is 16.2. The minimum absolute atomic E-state index is 0.150. The van der Waals surface area contributed by atoms with Gasteiger partial charge in [-0.2, -0.15) is 5.10 Å². The van der Waals surface area contributed by atoms with Crippen molar-refractivity contribution in [3.05, 3.63) is 0 Å². The molecule has 1 saturated heterocycles. The van der Waals surface area contributed by atoms with Crippen molar-refractivity contribution in [3.8, 4) is 0 Å². The molecule has 0 aromatic heterocycles. The fraction of sp³-hybridized carbons (Fsp3) is 0.750. The van der Waals surface area contributed by atoms with Gasteiger partial charge in [-0.3, -0.25) is 9.59 Å². The Morgan fingerprint density at radius 1 is 1.29 bits per heavy atom. The van der Waals surface area contributed by atoms with Crippen molar-refractivity contribution in [2.45, 2.75) is 40.0 Å². The Labute approximate surface area is 102 Å². The number of nitrogens with one attached hydrogen (secondary N) is 1. The molecule has 0 radical (unpaired) electrons. The van der Waals surface area contributed by atoms with Crippen molar-refractivity contribution in [1.82, 2.24) is 10.3 Å². The predicted molar refractivity (Wildman–Crippen MR) is 66.5 cm³/mol. The summed E-state index contributed by atoms with van der Waals surface area (Å²) in [5.74, 6) is 0.450. The molecule has 0 aliphatic carbocycles. The second-order valence-corrected chi connectivity index (χ2v) is 4.43. The number of hydrogen-bond acceptors (Lipinski definition) is 3. The van der Waals surface area contributed by atoms with Gasteiger partial charge in [0.2, 0.25) is 11.8 Å². The molecular formula is C12H21N3O2. The molecule has 1 N–H and O–H groups in total. The van der Waals surface area contributed by atoms with Gasteiger partial charge in [-0.25, -0.2) is 5.43 Å². The van der Waals surface area contributed by atoms with Gasteiger partial charge in [-0.05, 0) is 19.8 Å². The molecule has 1 heterocycles. The van der Waals surface area contributed by atoms with E-state index in [2.05, 4.69) is 10.5 Å². The quantitative estimate of drug-likeness (QED) is 0.593.